The van der Waals surface area contributed by atoms with Crippen LogP contribution in [0, 0.1) is 0 Å². The number of unbranched alkanes of at least 4 members (excludes halogenated alkanes) is 1. The van der Waals surface area contributed by atoms with Gasteiger partial charge in [0.2, 0.25) is 17.7 Å². The molecule has 216 valence electrons. The number of benzene rings is 2. The minimum atomic E-state index is -0.956. The molecule has 4 amide bonds. The molecule has 3 atom stereocenters. The van der Waals surface area contributed by atoms with E-state index in [9.17, 15) is 19.2 Å². The molecule has 0 heterocycles. The highest BCUT2D eigenvalue weighted by Gasteiger charge is 2.28. The van der Waals surface area contributed by atoms with Gasteiger partial charge in [-0.3, -0.25) is 24.2 Å². The molecule has 2 aromatic rings. The van der Waals surface area contributed by atoms with Crippen LogP contribution in [0.5, 0.6) is 0 Å². The predicted octanol–water partition coefficient (Wildman–Crippen LogP) is 0.185. The topological polar surface area (TPSA) is 221 Å². The molecule has 0 aliphatic rings. The van der Waals surface area contributed by atoms with E-state index in [0.717, 1.165) is 0 Å². The van der Waals surface area contributed by atoms with Gasteiger partial charge in [-0.2, -0.15) is 0 Å². The molecule has 2 rings (SSSR count). The molecule has 11 N–H and O–H groups in total. The third kappa shape index (κ3) is 11.5. The summed E-state index contributed by atoms with van der Waals surface area (Å²) in [5.74, 6) is -2.10. The molecule has 12 nitrogen and oxygen atoms in total. The first kappa shape index (κ1) is 31.8. The van der Waals surface area contributed by atoms with Gasteiger partial charge in [-0.25, -0.2) is 0 Å². The summed E-state index contributed by atoms with van der Waals surface area (Å²) < 4.78 is 0. The number of carbonyl (C=O) groups is 4. The Kier molecular flexibility index (Phi) is 13.7. The minimum Gasteiger partial charge on any atom is -0.370 e. The highest BCUT2D eigenvalue weighted by Crippen LogP contribution is 2.17. The Labute approximate surface area is 234 Å². The first-order chi connectivity index (χ1) is 19.2. The number of guanidine groups is 1. The van der Waals surface area contributed by atoms with Crippen LogP contribution in [0.2, 0.25) is 0 Å². The highest BCUT2D eigenvalue weighted by atomic mass is 16.2. The maximum absolute atomic E-state index is 13.4. The number of amides is 4. The quantitative estimate of drug-likeness (QED) is 0.0819. The second-order valence-electron chi connectivity index (χ2n) is 9.33. The third-order valence-corrected chi connectivity index (χ3v) is 6.11. The number of nitrogens with zero attached hydrogens (tertiary/aromatic N) is 1. The number of carbonyl (C=O) groups excluding carboxylic acids is 4. The number of nitrogens with two attached hydrogens (primary N) is 4. The molecular formula is C28H40N8O4. The van der Waals surface area contributed by atoms with E-state index in [0.29, 0.717) is 43.4 Å². The fourth-order valence-electron chi connectivity index (χ4n) is 4.05. The Morgan fingerprint density at radius 3 is 1.90 bits per heavy atom. The molecule has 0 saturated carbocycles. The van der Waals surface area contributed by atoms with Gasteiger partial charge in [-0.05, 0) is 56.3 Å². The van der Waals surface area contributed by atoms with Crippen molar-refractivity contribution >= 4 is 29.6 Å². The lowest BCUT2D eigenvalue weighted by Crippen LogP contribution is -2.54. The van der Waals surface area contributed by atoms with Crippen LogP contribution in [0.3, 0.4) is 0 Å². The summed E-state index contributed by atoms with van der Waals surface area (Å²) in [7, 11) is 0. The molecule has 0 unspecified atom stereocenters. The van der Waals surface area contributed by atoms with Gasteiger partial charge in [0.05, 0.1) is 12.5 Å². The van der Waals surface area contributed by atoms with Crippen LogP contribution in [0.4, 0.5) is 0 Å². The molecule has 2 aromatic carbocycles. The molecule has 0 radical (unpaired) electrons. The van der Waals surface area contributed by atoms with Gasteiger partial charge in [0.1, 0.15) is 12.1 Å². The monoisotopic (exact) mass is 552 g/mol. The van der Waals surface area contributed by atoms with E-state index in [1.165, 1.54) is 0 Å². The van der Waals surface area contributed by atoms with Gasteiger partial charge in [0.15, 0.2) is 5.96 Å². The summed E-state index contributed by atoms with van der Waals surface area (Å²) in [5.41, 5.74) is 22.9. The van der Waals surface area contributed by atoms with Crippen LogP contribution >= 0.6 is 0 Å². The normalized spacial score (nSPS) is 12.8. The van der Waals surface area contributed by atoms with Gasteiger partial charge in [0.25, 0.3) is 5.91 Å². The molecule has 0 saturated heterocycles. The summed E-state index contributed by atoms with van der Waals surface area (Å²) in [4.78, 5) is 55.3. The summed E-state index contributed by atoms with van der Waals surface area (Å²) in [6, 6.07) is 14.9. The fraction of sp³-hybridized carbons (Fsp3) is 0.393. The van der Waals surface area contributed by atoms with E-state index in [1.807, 2.05) is 6.07 Å². The van der Waals surface area contributed by atoms with Crippen LogP contribution in [-0.4, -0.2) is 54.8 Å². The average molecular weight is 553 g/mol. The number of aliphatic imine (C=N–C) groups is 1. The Balaban J connectivity index is 2.21. The Bertz CT molecular complexity index is 1120. The van der Waals surface area contributed by atoms with Gasteiger partial charge < -0.3 is 38.9 Å². The molecular weight excluding hydrogens is 512 g/mol. The van der Waals surface area contributed by atoms with E-state index in [4.69, 9.17) is 22.9 Å². The average Bonchev–Trinajstić information content (AvgIpc) is 2.94. The number of rotatable bonds is 17. The van der Waals surface area contributed by atoms with Crippen LogP contribution in [0.1, 0.15) is 60.5 Å². The molecule has 0 aliphatic heterocycles. The lowest BCUT2D eigenvalue weighted by molar-refractivity contribution is -0.131. The molecule has 0 aromatic heterocycles. The lowest BCUT2D eigenvalue weighted by atomic mass is 10.0. The van der Waals surface area contributed by atoms with Crippen molar-refractivity contribution < 1.29 is 19.2 Å². The molecule has 40 heavy (non-hydrogen) atoms. The Morgan fingerprint density at radius 2 is 1.30 bits per heavy atom. The Hall–Kier alpha value is -4.45. The smallest absolute Gasteiger partial charge is 0.251 e. The molecule has 0 spiro atoms. The van der Waals surface area contributed by atoms with Crippen molar-refractivity contribution in [2.45, 2.75) is 56.7 Å². The number of primary amides is 1. The van der Waals surface area contributed by atoms with Crippen LogP contribution in [0.25, 0.3) is 0 Å². The van der Waals surface area contributed by atoms with Crippen molar-refractivity contribution in [3.8, 4) is 0 Å². The zero-order chi connectivity index (χ0) is 29.3. The van der Waals surface area contributed by atoms with Crippen molar-refractivity contribution in [2.24, 2.45) is 27.9 Å². The fourth-order valence-corrected chi connectivity index (χ4v) is 4.05. The van der Waals surface area contributed by atoms with Crippen molar-refractivity contribution in [3.63, 3.8) is 0 Å². The van der Waals surface area contributed by atoms with Crippen molar-refractivity contribution in [1.82, 2.24) is 16.0 Å². The highest BCUT2D eigenvalue weighted by molar-refractivity contribution is 5.98. The predicted molar refractivity (Wildman–Crippen MR) is 154 cm³/mol. The van der Waals surface area contributed by atoms with Crippen molar-refractivity contribution in [2.75, 3.05) is 13.1 Å². The second-order valence-corrected chi connectivity index (χ2v) is 9.33. The van der Waals surface area contributed by atoms with Crippen LogP contribution < -0.4 is 38.9 Å². The molecule has 0 aliphatic carbocycles. The lowest BCUT2D eigenvalue weighted by Gasteiger charge is -2.25. The maximum atomic E-state index is 13.4. The minimum absolute atomic E-state index is 0.0742. The Morgan fingerprint density at radius 1 is 0.725 bits per heavy atom. The van der Waals surface area contributed by atoms with Crippen LogP contribution in [-0.2, 0) is 14.4 Å². The summed E-state index contributed by atoms with van der Waals surface area (Å²) in [5, 5.41) is 8.38. The third-order valence-electron chi connectivity index (χ3n) is 6.11. The molecule has 0 fully saturated rings. The van der Waals surface area contributed by atoms with Gasteiger partial charge in [-0.1, -0.05) is 48.5 Å². The number of hydrogen-bond acceptors (Lipinski definition) is 6. The van der Waals surface area contributed by atoms with E-state index >= 15 is 0 Å². The summed E-state index contributed by atoms with van der Waals surface area (Å²) in [6.07, 6.45) is 2.05. The van der Waals surface area contributed by atoms with E-state index in [1.54, 1.807) is 54.6 Å². The molecule has 12 heteroatoms. The SMILES string of the molecule is NCCCC[C@H](NC(=O)[C@H](CCCN=C(N)N)NC(=O)c1ccccc1)C(=O)N[C@@H](CC(N)=O)c1ccccc1. The number of nitrogens with one attached hydrogen (secondary N) is 3. The number of hydrogen-bond donors (Lipinski definition) is 7. The van der Waals surface area contributed by atoms with Gasteiger partial charge >= 0.3 is 0 Å². The first-order valence-electron chi connectivity index (χ1n) is 13.3. The maximum Gasteiger partial charge on any atom is 0.251 e. The van der Waals surface area contributed by atoms with Crippen molar-refractivity contribution in [3.05, 3.63) is 71.8 Å². The zero-order valence-corrected chi connectivity index (χ0v) is 22.6. The van der Waals surface area contributed by atoms with E-state index in [-0.39, 0.29) is 25.3 Å². The van der Waals surface area contributed by atoms with Gasteiger partial charge in [0, 0.05) is 12.1 Å². The summed E-state index contributed by atoms with van der Waals surface area (Å²) in [6.45, 7) is 0.691. The zero-order valence-electron chi connectivity index (χ0n) is 22.6. The molecule has 0 bridgehead atoms. The van der Waals surface area contributed by atoms with Crippen molar-refractivity contribution in [1.29, 1.82) is 0 Å². The summed E-state index contributed by atoms with van der Waals surface area (Å²) >= 11 is 0. The standard InChI is InChI=1S/C28H40N8O4/c29-16-8-7-14-21(27(40)36-23(18-24(30)37)19-10-3-1-4-11-19)35-26(39)22(15-9-17-33-28(31)32)34-25(38)20-12-5-2-6-13-20/h1-6,10-13,21-23H,7-9,14-18,29H2,(H2,30,37)(H,34,38)(H,35,39)(H,36,40)(H4,31,32,33)/t21-,22-,23-/m0/s1. The van der Waals surface area contributed by atoms with Crippen LogP contribution in [0.15, 0.2) is 65.7 Å². The van der Waals surface area contributed by atoms with E-state index in [2.05, 4.69) is 20.9 Å². The first-order valence-corrected chi connectivity index (χ1v) is 13.3. The largest absolute Gasteiger partial charge is 0.370 e. The second kappa shape index (κ2) is 17.2. The van der Waals surface area contributed by atoms with E-state index < -0.39 is 41.8 Å². The van der Waals surface area contributed by atoms with Gasteiger partial charge in [-0.15, -0.1) is 0 Å².